The van der Waals surface area contributed by atoms with E-state index in [0.717, 1.165) is 17.5 Å². The van der Waals surface area contributed by atoms with Crippen LogP contribution in [-0.2, 0) is 11.2 Å². The molecule has 0 amide bonds. The smallest absolute Gasteiger partial charge is 0.348 e. The van der Waals surface area contributed by atoms with Crippen molar-refractivity contribution >= 4 is 30.0 Å². The van der Waals surface area contributed by atoms with Crippen LogP contribution in [0.4, 0.5) is 0 Å². The number of carboxylic acid groups (broad SMARTS) is 1. The van der Waals surface area contributed by atoms with Crippen LogP contribution in [0.25, 0.3) is 0 Å². The maximum absolute atomic E-state index is 11.0. The molecular formula is C20H23Cl2NO5. The molecule has 3 atom stereocenters. The molecule has 6 nitrogen and oxygen atoms in total. The third-order valence-corrected chi connectivity index (χ3v) is 4.61. The van der Waals surface area contributed by atoms with E-state index in [0.29, 0.717) is 23.1 Å². The summed E-state index contributed by atoms with van der Waals surface area (Å²) >= 11 is 5.96. The van der Waals surface area contributed by atoms with Crippen molar-refractivity contribution in [3.05, 3.63) is 58.6 Å². The third kappa shape index (κ3) is 5.75. The number of aliphatic hydroxyl groups excluding tert-OH is 1. The van der Waals surface area contributed by atoms with Gasteiger partial charge in [0.2, 0.25) is 6.10 Å². The van der Waals surface area contributed by atoms with Crippen LogP contribution in [0.2, 0.25) is 5.02 Å². The topological polar surface area (TPSA) is 88.0 Å². The van der Waals surface area contributed by atoms with Crippen LogP contribution in [0.1, 0.15) is 24.2 Å². The van der Waals surface area contributed by atoms with Crippen molar-refractivity contribution in [1.29, 1.82) is 0 Å². The van der Waals surface area contributed by atoms with Gasteiger partial charge in [0.1, 0.15) is 6.61 Å². The molecule has 0 bridgehead atoms. The number of benzene rings is 2. The summed E-state index contributed by atoms with van der Waals surface area (Å²) in [6, 6.07) is 12.8. The molecule has 0 spiro atoms. The van der Waals surface area contributed by atoms with Gasteiger partial charge in [-0.25, -0.2) is 4.79 Å². The number of nitrogens with one attached hydrogen (secondary N) is 1. The van der Waals surface area contributed by atoms with E-state index in [9.17, 15) is 9.90 Å². The second-order valence-corrected chi connectivity index (χ2v) is 7.06. The van der Waals surface area contributed by atoms with Gasteiger partial charge in [-0.1, -0.05) is 29.8 Å². The Hall–Kier alpha value is -1.99. The summed E-state index contributed by atoms with van der Waals surface area (Å²) in [5, 5.41) is 23.2. The molecule has 1 aliphatic rings. The first-order valence-corrected chi connectivity index (χ1v) is 9.12. The molecule has 1 unspecified atom stereocenters. The van der Waals surface area contributed by atoms with Gasteiger partial charge in [-0.3, -0.25) is 0 Å². The third-order valence-electron chi connectivity index (χ3n) is 4.38. The summed E-state index contributed by atoms with van der Waals surface area (Å²) in [5.74, 6) is -0.0497. The van der Waals surface area contributed by atoms with Crippen molar-refractivity contribution in [2.45, 2.75) is 31.6 Å². The highest BCUT2D eigenvalue weighted by atomic mass is 35.5. The minimum atomic E-state index is -1.04. The number of aliphatic carboxylic acids is 1. The minimum Gasteiger partial charge on any atom is -0.485 e. The number of carbonyl (C=O) groups is 1. The molecule has 1 aliphatic heterocycles. The summed E-state index contributed by atoms with van der Waals surface area (Å²) in [5.41, 5.74) is 1.80. The van der Waals surface area contributed by atoms with Gasteiger partial charge in [0.25, 0.3) is 0 Å². The van der Waals surface area contributed by atoms with E-state index in [-0.39, 0.29) is 25.1 Å². The fraction of sp³-hybridized carbons (Fsp3) is 0.350. The van der Waals surface area contributed by atoms with E-state index in [1.165, 1.54) is 0 Å². The van der Waals surface area contributed by atoms with E-state index in [1.54, 1.807) is 18.2 Å². The van der Waals surface area contributed by atoms with Crippen LogP contribution in [0.5, 0.6) is 11.5 Å². The number of ether oxygens (including phenoxy) is 2. The lowest BCUT2D eigenvalue weighted by Gasteiger charge is -2.24. The Labute approximate surface area is 174 Å². The monoisotopic (exact) mass is 427 g/mol. The normalized spacial score (nSPS) is 17.3. The molecule has 0 saturated heterocycles. The van der Waals surface area contributed by atoms with Crippen molar-refractivity contribution < 1.29 is 24.5 Å². The number of hydrogen-bond acceptors (Lipinski definition) is 5. The van der Waals surface area contributed by atoms with Gasteiger partial charge < -0.3 is 25.0 Å². The zero-order valence-corrected chi connectivity index (χ0v) is 16.9. The first-order chi connectivity index (χ1) is 12.9. The Bertz CT molecular complexity index is 817. The Kier molecular flexibility index (Phi) is 7.95. The van der Waals surface area contributed by atoms with Crippen molar-refractivity contribution in [3.8, 4) is 11.5 Å². The molecular weight excluding hydrogens is 405 g/mol. The summed E-state index contributed by atoms with van der Waals surface area (Å²) in [4.78, 5) is 11.0. The minimum absolute atomic E-state index is 0. The van der Waals surface area contributed by atoms with E-state index in [2.05, 4.69) is 5.32 Å². The summed E-state index contributed by atoms with van der Waals surface area (Å²) < 4.78 is 10.9. The lowest BCUT2D eigenvalue weighted by molar-refractivity contribution is -0.147. The van der Waals surface area contributed by atoms with Crippen molar-refractivity contribution in [2.24, 2.45) is 0 Å². The van der Waals surface area contributed by atoms with E-state index in [4.69, 9.17) is 26.2 Å². The number of hydrogen-bond donors (Lipinski definition) is 3. The van der Waals surface area contributed by atoms with Gasteiger partial charge in [0.05, 0.1) is 6.10 Å². The Morgan fingerprint density at radius 1 is 1.29 bits per heavy atom. The Morgan fingerprint density at radius 2 is 2.07 bits per heavy atom. The molecule has 2 aromatic carbocycles. The summed E-state index contributed by atoms with van der Waals surface area (Å²) in [7, 11) is 0. The molecule has 3 N–H and O–H groups in total. The number of rotatable bonds is 7. The zero-order chi connectivity index (χ0) is 19.4. The molecule has 3 rings (SSSR count). The van der Waals surface area contributed by atoms with E-state index >= 15 is 0 Å². The average Bonchev–Trinajstić information content (AvgIpc) is 2.65. The number of fused-ring (bicyclic) bond motifs is 1. The first-order valence-electron chi connectivity index (χ1n) is 8.74. The molecule has 0 aliphatic carbocycles. The molecule has 28 heavy (non-hydrogen) atoms. The molecule has 0 fully saturated rings. The quantitative estimate of drug-likeness (QED) is 0.628. The lowest BCUT2D eigenvalue weighted by Crippen LogP contribution is -2.36. The van der Waals surface area contributed by atoms with Crippen LogP contribution in [0, 0.1) is 0 Å². The Morgan fingerprint density at radius 3 is 2.79 bits per heavy atom. The predicted octanol–water partition coefficient (Wildman–Crippen LogP) is 3.24. The van der Waals surface area contributed by atoms with Gasteiger partial charge >= 0.3 is 5.97 Å². The van der Waals surface area contributed by atoms with Crippen molar-refractivity contribution in [2.75, 3.05) is 13.2 Å². The van der Waals surface area contributed by atoms with Gasteiger partial charge in [0, 0.05) is 17.6 Å². The van der Waals surface area contributed by atoms with E-state index in [1.807, 2.05) is 31.2 Å². The first kappa shape index (κ1) is 22.3. The van der Waals surface area contributed by atoms with Crippen LogP contribution < -0.4 is 14.8 Å². The van der Waals surface area contributed by atoms with Crippen LogP contribution in [0.15, 0.2) is 42.5 Å². The standard InChI is InChI=1S/C20H22ClNO5.ClH/c1-12(22-10-16(23)14-3-2-4-15(21)9-14)7-13-5-6-17-18(8-13)26-11-19(27-17)20(24)25;/h2-6,8-9,12,16,19,22-23H,7,10-11H2,1H3,(H,24,25);1H/t12-,16?,19-;/m0./s1. The van der Waals surface area contributed by atoms with Crippen molar-refractivity contribution in [3.63, 3.8) is 0 Å². The predicted molar refractivity (Wildman–Crippen MR) is 109 cm³/mol. The van der Waals surface area contributed by atoms with Crippen LogP contribution in [-0.4, -0.2) is 41.5 Å². The highest BCUT2D eigenvalue weighted by Gasteiger charge is 2.27. The van der Waals surface area contributed by atoms with Gasteiger partial charge in [-0.05, 0) is 48.7 Å². The van der Waals surface area contributed by atoms with Gasteiger partial charge in [-0.2, -0.15) is 0 Å². The maximum atomic E-state index is 11.0. The molecule has 8 heteroatoms. The maximum Gasteiger partial charge on any atom is 0.348 e. The second-order valence-electron chi connectivity index (χ2n) is 6.62. The molecule has 0 saturated carbocycles. The fourth-order valence-electron chi connectivity index (χ4n) is 2.93. The summed E-state index contributed by atoms with van der Waals surface area (Å²) in [6.07, 6.45) is -0.891. The van der Waals surface area contributed by atoms with Crippen LogP contribution >= 0.6 is 24.0 Å². The van der Waals surface area contributed by atoms with Gasteiger partial charge in [-0.15, -0.1) is 12.4 Å². The SMILES string of the molecule is C[C@@H](Cc1ccc2c(c1)OC[C@@H](C(=O)O)O2)NCC(O)c1cccc(Cl)c1.Cl. The molecule has 0 aromatic heterocycles. The zero-order valence-electron chi connectivity index (χ0n) is 15.3. The Balaban J connectivity index is 0.00000280. The average molecular weight is 428 g/mol. The summed E-state index contributed by atoms with van der Waals surface area (Å²) in [6.45, 7) is 2.43. The molecule has 152 valence electrons. The second kappa shape index (κ2) is 9.98. The molecule has 0 radical (unpaired) electrons. The number of carboxylic acids is 1. The molecule has 2 aromatic rings. The molecule has 1 heterocycles. The largest absolute Gasteiger partial charge is 0.485 e. The number of halogens is 2. The fourth-order valence-corrected chi connectivity index (χ4v) is 3.13. The highest BCUT2D eigenvalue weighted by molar-refractivity contribution is 6.30. The van der Waals surface area contributed by atoms with E-state index < -0.39 is 18.2 Å². The van der Waals surface area contributed by atoms with Gasteiger partial charge in [0.15, 0.2) is 11.5 Å². The lowest BCUT2D eigenvalue weighted by atomic mass is 10.0. The van der Waals surface area contributed by atoms with Crippen LogP contribution in [0.3, 0.4) is 0 Å². The number of aliphatic hydroxyl groups is 1. The highest BCUT2D eigenvalue weighted by Crippen LogP contribution is 2.33. The van der Waals surface area contributed by atoms with Crippen molar-refractivity contribution in [1.82, 2.24) is 5.32 Å².